The van der Waals surface area contributed by atoms with Gasteiger partial charge in [-0.25, -0.2) is 0 Å². The molecule has 1 fully saturated rings. The summed E-state index contributed by atoms with van der Waals surface area (Å²) in [5, 5.41) is 3.03. The Labute approximate surface area is 202 Å². The van der Waals surface area contributed by atoms with Crippen LogP contribution < -0.4 is 10.1 Å². The average Bonchev–Trinajstić information content (AvgIpc) is 3.36. The minimum Gasteiger partial charge on any atom is -0.494 e. The highest BCUT2D eigenvalue weighted by Crippen LogP contribution is 2.29. The third-order valence-electron chi connectivity index (χ3n) is 5.71. The summed E-state index contributed by atoms with van der Waals surface area (Å²) in [5.74, 6) is 0.542. The van der Waals surface area contributed by atoms with Crippen molar-refractivity contribution in [1.82, 2.24) is 9.88 Å². The molecular formula is C28H24N2O3S. The number of nitrogens with one attached hydrogen (secondary N) is 1. The quantitative estimate of drug-likeness (QED) is 0.254. The van der Waals surface area contributed by atoms with E-state index in [1.165, 1.54) is 11.1 Å². The Bertz CT molecular complexity index is 1370. The van der Waals surface area contributed by atoms with Gasteiger partial charge in [0.1, 0.15) is 5.75 Å². The molecule has 0 radical (unpaired) electrons. The van der Waals surface area contributed by atoms with E-state index in [0.29, 0.717) is 11.5 Å². The molecule has 5 nitrogen and oxygen atoms in total. The van der Waals surface area contributed by atoms with Crippen LogP contribution >= 0.6 is 11.8 Å². The first-order valence-electron chi connectivity index (χ1n) is 11.2. The second-order valence-corrected chi connectivity index (χ2v) is 9.17. The van der Waals surface area contributed by atoms with E-state index in [1.807, 2.05) is 42.6 Å². The van der Waals surface area contributed by atoms with Gasteiger partial charge in [-0.1, -0.05) is 60.7 Å². The number of para-hydroxylation sites is 1. The van der Waals surface area contributed by atoms with Crippen LogP contribution in [0, 0.1) is 0 Å². The number of aryl methyl sites for hydroxylation is 1. The van der Waals surface area contributed by atoms with Gasteiger partial charge in [0.2, 0.25) is 0 Å². The second kappa shape index (κ2) is 10.0. The van der Waals surface area contributed by atoms with Crippen LogP contribution in [-0.4, -0.2) is 22.3 Å². The van der Waals surface area contributed by atoms with Gasteiger partial charge in [0.15, 0.2) is 0 Å². The van der Waals surface area contributed by atoms with E-state index in [9.17, 15) is 9.59 Å². The zero-order valence-electron chi connectivity index (χ0n) is 18.6. The lowest BCUT2D eigenvalue weighted by atomic mass is 10.1. The molecule has 1 saturated heterocycles. The Morgan fingerprint density at radius 2 is 1.71 bits per heavy atom. The standard InChI is InChI=1S/C28H24N2O3S/c31-27-26(34-28(32)29-27)18-22-19-30(25-13-5-4-12-24(22)25)14-7-15-33-23-11-6-10-21(17-23)16-20-8-2-1-3-9-20/h1-6,8-13,17-19H,7,14-16H2,(H,29,31,32)/b26-18+. The van der Waals surface area contributed by atoms with Gasteiger partial charge >= 0.3 is 0 Å². The molecule has 2 heterocycles. The van der Waals surface area contributed by atoms with Crippen molar-refractivity contribution in [3.63, 3.8) is 0 Å². The van der Waals surface area contributed by atoms with Crippen molar-refractivity contribution in [3.8, 4) is 5.75 Å². The number of imide groups is 1. The van der Waals surface area contributed by atoms with E-state index in [-0.39, 0.29) is 11.1 Å². The van der Waals surface area contributed by atoms with E-state index in [2.05, 4.69) is 52.3 Å². The molecule has 0 saturated carbocycles. The van der Waals surface area contributed by atoms with E-state index in [0.717, 1.165) is 53.4 Å². The fraction of sp³-hybridized carbons (Fsp3) is 0.143. The highest BCUT2D eigenvalue weighted by Gasteiger charge is 2.25. The average molecular weight is 469 g/mol. The van der Waals surface area contributed by atoms with Crippen LogP contribution in [0.25, 0.3) is 17.0 Å². The minimum absolute atomic E-state index is 0.329. The molecule has 4 aromatic rings. The van der Waals surface area contributed by atoms with Gasteiger partial charge in [0, 0.05) is 29.2 Å². The van der Waals surface area contributed by atoms with Crippen molar-refractivity contribution < 1.29 is 14.3 Å². The summed E-state index contributed by atoms with van der Waals surface area (Å²) in [5.41, 5.74) is 4.53. The molecule has 2 amide bonds. The lowest BCUT2D eigenvalue weighted by molar-refractivity contribution is -0.115. The van der Waals surface area contributed by atoms with Gasteiger partial charge in [-0.2, -0.15) is 0 Å². The molecule has 3 aromatic carbocycles. The number of thioether (sulfide) groups is 1. The summed E-state index contributed by atoms with van der Waals surface area (Å²) >= 11 is 0.939. The fourth-order valence-corrected chi connectivity index (χ4v) is 4.81. The Balaban J connectivity index is 1.23. The molecule has 1 N–H and O–H groups in total. The van der Waals surface area contributed by atoms with Crippen molar-refractivity contribution in [1.29, 1.82) is 0 Å². The number of hydrogen-bond donors (Lipinski definition) is 1. The molecule has 34 heavy (non-hydrogen) atoms. The molecule has 170 valence electrons. The number of nitrogens with zero attached hydrogens (tertiary/aromatic N) is 1. The third-order valence-corrected chi connectivity index (χ3v) is 6.52. The number of amides is 2. The molecular weight excluding hydrogens is 444 g/mol. The van der Waals surface area contributed by atoms with Crippen molar-refractivity contribution >= 4 is 39.9 Å². The number of aromatic nitrogens is 1. The highest BCUT2D eigenvalue weighted by atomic mass is 32.2. The SMILES string of the molecule is O=C1NC(=O)/C(=C\c2cn(CCCOc3cccc(Cc4ccccc4)c3)c3ccccc23)S1. The van der Waals surface area contributed by atoms with E-state index >= 15 is 0 Å². The fourth-order valence-electron chi connectivity index (χ4n) is 4.14. The number of fused-ring (bicyclic) bond motifs is 1. The second-order valence-electron chi connectivity index (χ2n) is 8.16. The lowest BCUT2D eigenvalue weighted by Crippen LogP contribution is -2.17. The molecule has 1 aromatic heterocycles. The summed E-state index contributed by atoms with van der Waals surface area (Å²) in [6.07, 6.45) is 5.55. The number of rotatable bonds is 8. The smallest absolute Gasteiger partial charge is 0.290 e. The number of ether oxygens (including phenoxy) is 1. The molecule has 0 unspecified atom stereocenters. The minimum atomic E-state index is -0.338. The monoisotopic (exact) mass is 468 g/mol. The van der Waals surface area contributed by atoms with Gasteiger partial charge < -0.3 is 9.30 Å². The van der Waals surface area contributed by atoms with Crippen molar-refractivity contribution in [3.05, 3.63) is 107 Å². The Kier molecular flexibility index (Phi) is 6.49. The van der Waals surface area contributed by atoms with Crippen LogP contribution in [0.4, 0.5) is 4.79 Å². The third kappa shape index (κ3) is 5.07. The van der Waals surface area contributed by atoms with Gasteiger partial charge in [0.25, 0.3) is 11.1 Å². The summed E-state index contributed by atoms with van der Waals surface area (Å²) < 4.78 is 8.22. The van der Waals surface area contributed by atoms with Crippen molar-refractivity contribution in [2.24, 2.45) is 0 Å². The first-order valence-corrected chi connectivity index (χ1v) is 12.1. The number of carbonyl (C=O) groups excluding carboxylic acids is 2. The van der Waals surface area contributed by atoms with Crippen LogP contribution in [0.3, 0.4) is 0 Å². The maximum absolute atomic E-state index is 12.0. The predicted molar refractivity (Wildman–Crippen MR) is 137 cm³/mol. The van der Waals surface area contributed by atoms with Crippen molar-refractivity contribution in [2.45, 2.75) is 19.4 Å². The Morgan fingerprint density at radius 3 is 2.53 bits per heavy atom. The number of benzene rings is 3. The van der Waals surface area contributed by atoms with Crippen LogP contribution in [0.5, 0.6) is 5.75 Å². The van der Waals surface area contributed by atoms with E-state index in [4.69, 9.17) is 4.74 Å². The summed E-state index contributed by atoms with van der Waals surface area (Å²) in [4.78, 5) is 23.9. The molecule has 5 rings (SSSR count). The molecule has 0 spiro atoms. The largest absolute Gasteiger partial charge is 0.494 e. The molecule has 1 aliphatic rings. The lowest BCUT2D eigenvalue weighted by Gasteiger charge is -2.09. The van der Waals surface area contributed by atoms with Crippen LogP contribution in [0.1, 0.15) is 23.1 Å². The van der Waals surface area contributed by atoms with Gasteiger partial charge in [-0.3, -0.25) is 14.9 Å². The number of carbonyl (C=O) groups is 2. The van der Waals surface area contributed by atoms with Crippen LogP contribution in [0.15, 0.2) is 90.0 Å². The maximum atomic E-state index is 12.0. The summed E-state index contributed by atoms with van der Waals surface area (Å²) in [6, 6.07) is 26.8. The Hall–Kier alpha value is -3.77. The zero-order chi connectivity index (χ0) is 23.3. The van der Waals surface area contributed by atoms with Gasteiger partial charge in [0.05, 0.1) is 11.5 Å². The molecule has 0 aliphatic carbocycles. The first kappa shape index (κ1) is 22.0. The normalized spacial score (nSPS) is 14.6. The Morgan fingerprint density at radius 1 is 0.912 bits per heavy atom. The zero-order valence-corrected chi connectivity index (χ0v) is 19.4. The van der Waals surface area contributed by atoms with Crippen LogP contribution in [0.2, 0.25) is 0 Å². The predicted octanol–water partition coefficient (Wildman–Crippen LogP) is 6.03. The van der Waals surface area contributed by atoms with Gasteiger partial charge in [-0.15, -0.1) is 0 Å². The number of hydrogen-bond acceptors (Lipinski definition) is 4. The summed E-state index contributed by atoms with van der Waals surface area (Å²) in [6.45, 7) is 1.39. The van der Waals surface area contributed by atoms with Crippen molar-refractivity contribution in [2.75, 3.05) is 6.61 Å². The molecule has 6 heteroatoms. The first-order chi connectivity index (χ1) is 16.7. The molecule has 0 atom stereocenters. The molecule has 1 aliphatic heterocycles. The highest BCUT2D eigenvalue weighted by molar-refractivity contribution is 8.18. The van der Waals surface area contributed by atoms with E-state index in [1.54, 1.807) is 6.08 Å². The maximum Gasteiger partial charge on any atom is 0.290 e. The molecule has 0 bridgehead atoms. The van der Waals surface area contributed by atoms with Gasteiger partial charge in [-0.05, 0) is 60.0 Å². The topological polar surface area (TPSA) is 60.3 Å². The van der Waals surface area contributed by atoms with E-state index < -0.39 is 0 Å². The summed E-state index contributed by atoms with van der Waals surface area (Å²) in [7, 11) is 0. The van der Waals surface area contributed by atoms with Crippen LogP contribution in [-0.2, 0) is 17.8 Å².